The van der Waals surface area contributed by atoms with E-state index in [2.05, 4.69) is 10.1 Å². The summed E-state index contributed by atoms with van der Waals surface area (Å²) in [5.74, 6) is 1.60. The number of hydrazone groups is 1. The zero-order chi connectivity index (χ0) is 24.2. The second kappa shape index (κ2) is 10.2. The molecule has 0 saturated carbocycles. The third-order valence-electron chi connectivity index (χ3n) is 4.78. The average molecular weight is 501 g/mol. The number of halogens is 1. The van der Waals surface area contributed by atoms with Gasteiger partial charge in [-0.3, -0.25) is 10.2 Å². The largest absolute Gasteiger partial charge is 0.497 e. The van der Waals surface area contributed by atoms with Gasteiger partial charge in [-0.15, -0.1) is 0 Å². The fraction of sp³-hybridized carbons (Fsp3) is 0.217. The van der Waals surface area contributed by atoms with Crippen molar-refractivity contribution < 1.29 is 23.7 Å². The van der Waals surface area contributed by atoms with E-state index in [1.54, 1.807) is 38.3 Å². The van der Waals surface area contributed by atoms with Crippen molar-refractivity contribution in [2.24, 2.45) is 10.1 Å². The van der Waals surface area contributed by atoms with Crippen molar-refractivity contribution >= 4 is 51.4 Å². The number of ether oxygens (including phenoxy) is 4. The summed E-state index contributed by atoms with van der Waals surface area (Å²) < 4.78 is 22.0. The minimum Gasteiger partial charge on any atom is -0.497 e. The fourth-order valence-corrected chi connectivity index (χ4v) is 4.20. The molecule has 2 aliphatic heterocycles. The summed E-state index contributed by atoms with van der Waals surface area (Å²) in [6.07, 6.45) is 1.53. The van der Waals surface area contributed by atoms with Gasteiger partial charge in [0.25, 0.3) is 5.91 Å². The van der Waals surface area contributed by atoms with E-state index in [0.29, 0.717) is 38.0 Å². The Morgan fingerprint density at radius 1 is 1.09 bits per heavy atom. The molecule has 0 bridgehead atoms. The summed E-state index contributed by atoms with van der Waals surface area (Å²) in [5.41, 5.74) is 0.658. The Kier molecular flexibility index (Phi) is 7.09. The van der Waals surface area contributed by atoms with Crippen LogP contribution >= 0.6 is 23.4 Å². The van der Waals surface area contributed by atoms with Crippen LogP contribution in [-0.2, 0) is 4.79 Å². The second-order valence-electron chi connectivity index (χ2n) is 7.05. The number of carbonyl (C=O) groups excluding carboxylic acids is 1. The van der Waals surface area contributed by atoms with Gasteiger partial charge < -0.3 is 18.9 Å². The van der Waals surface area contributed by atoms with Crippen LogP contribution in [0, 0.1) is 5.41 Å². The summed E-state index contributed by atoms with van der Waals surface area (Å²) in [6, 6.07) is 10.5. The van der Waals surface area contributed by atoms with Gasteiger partial charge in [0.05, 0.1) is 29.9 Å². The molecule has 1 N–H and O–H groups in total. The fourth-order valence-electron chi connectivity index (χ4n) is 3.19. The zero-order valence-corrected chi connectivity index (χ0v) is 20.2. The quantitative estimate of drug-likeness (QED) is 0.421. The smallest absolute Gasteiger partial charge is 0.283 e. The van der Waals surface area contributed by atoms with E-state index in [1.165, 1.54) is 30.0 Å². The van der Waals surface area contributed by atoms with Gasteiger partial charge in [0, 0.05) is 0 Å². The number of rotatable bonds is 8. The van der Waals surface area contributed by atoms with Crippen LogP contribution < -0.4 is 18.9 Å². The number of amides is 1. The molecule has 0 aliphatic carbocycles. The maximum absolute atomic E-state index is 12.5. The van der Waals surface area contributed by atoms with Gasteiger partial charge in [-0.2, -0.15) is 15.1 Å². The average Bonchev–Trinajstić information content (AvgIpc) is 3.20. The van der Waals surface area contributed by atoms with E-state index < -0.39 is 5.91 Å². The number of nitrogens with zero attached hydrogens (tertiary/aromatic N) is 3. The molecule has 0 unspecified atom stereocenters. The standard InChI is InChI=1S/C23H21ClN4O5S/c1-13-27-28-21(25)17(22(29)26-23(28)34-13)10-14-11-18(24)20(19(12-14)31-3)33-9-8-32-16-6-4-15(30-2)5-7-16/h4-7,10-12,25H,8-9H2,1-3H3. The number of hydrogen-bond acceptors (Lipinski definition) is 8. The Balaban J connectivity index is 1.46. The first-order valence-electron chi connectivity index (χ1n) is 10.1. The van der Waals surface area contributed by atoms with Gasteiger partial charge >= 0.3 is 0 Å². The van der Waals surface area contributed by atoms with Crippen molar-refractivity contribution in [2.75, 3.05) is 27.4 Å². The van der Waals surface area contributed by atoms with Crippen molar-refractivity contribution in [3.63, 3.8) is 0 Å². The number of carbonyl (C=O) groups is 1. The number of nitrogens with one attached hydrogen (secondary N) is 1. The number of fused-ring (bicyclic) bond motifs is 1. The minimum absolute atomic E-state index is 0.0505. The summed E-state index contributed by atoms with van der Waals surface area (Å²) in [5, 5.41) is 15.3. The minimum atomic E-state index is -0.514. The topological polar surface area (TPSA) is 106 Å². The lowest BCUT2D eigenvalue weighted by molar-refractivity contribution is -0.114. The lowest BCUT2D eigenvalue weighted by Crippen LogP contribution is -2.35. The maximum atomic E-state index is 12.5. The molecule has 2 heterocycles. The summed E-state index contributed by atoms with van der Waals surface area (Å²) >= 11 is 7.70. The van der Waals surface area contributed by atoms with E-state index in [9.17, 15) is 4.79 Å². The highest BCUT2D eigenvalue weighted by molar-refractivity contribution is 8.26. The van der Waals surface area contributed by atoms with Gasteiger partial charge in [-0.05, 0) is 66.7 Å². The molecular weight excluding hydrogens is 480 g/mol. The van der Waals surface area contributed by atoms with Crippen LogP contribution in [0.1, 0.15) is 12.5 Å². The Hall–Kier alpha value is -3.50. The van der Waals surface area contributed by atoms with Crippen molar-refractivity contribution in [2.45, 2.75) is 6.92 Å². The second-order valence-corrected chi connectivity index (χ2v) is 8.61. The number of hydrogen-bond donors (Lipinski definition) is 1. The van der Waals surface area contributed by atoms with E-state index in [1.807, 2.05) is 12.1 Å². The summed E-state index contributed by atoms with van der Waals surface area (Å²) in [4.78, 5) is 16.5. The van der Waals surface area contributed by atoms with Crippen molar-refractivity contribution in [1.82, 2.24) is 5.01 Å². The molecule has 34 heavy (non-hydrogen) atoms. The number of methoxy groups -OCH3 is 2. The molecule has 2 aromatic carbocycles. The molecule has 11 heteroatoms. The molecule has 0 atom stereocenters. The maximum Gasteiger partial charge on any atom is 0.283 e. The number of benzene rings is 2. The highest BCUT2D eigenvalue weighted by Crippen LogP contribution is 2.37. The lowest BCUT2D eigenvalue weighted by atomic mass is 10.1. The molecule has 0 radical (unpaired) electrons. The monoisotopic (exact) mass is 500 g/mol. The van der Waals surface area contributed by atoms with Crippen molar-refractivity contribution in [1.29, 1.82) is 5.41 Å². The van der Waals surface area contributed by atoms with Crippen LogP contribution in [0.4, 0.5) is 0 Å². The molecule has 0 spiro atoms. The molecule has 176 valence electrons. The molecule has 9 nitrogen and oxygen atoms in total. The predicted octanol–water partition coefficient (Wildman–Crippen LogP) is 4.45. The zero-order valence-electron chi connectivity index (χ0n) is 18.6. The van der Waals surface area contributed by atoms with Crippen LogP contribution in [0.25, 0.3) is 6.08 Å². The molecule has 0 aromatic heterocycles. The lowest BCUT2D eigenvalue weighted by Gasteiger charge is -2.20. The van der Waals surface area contributed by atoms with Crippen molar-refractivity contribution in [3.05, 3.63) is 52.6 Å². The van der Waals surface area contributed by atoms with E-state index in [0.717, 1.165) is 5.75 Å². The van der Waals surface area contributed by atoms with Crippen molar-refractivity contribution in [3.8, 4) is 23.0 Å². The molecule has 2 aliphatic rings. The Labute approximate surface area is 205 Å². The molecule has 1 amide bonds. The van der Waals surface area contributed by atoms with Gasteiger partial charge in [-0.1, -0.05) is 11.6 Å². The van der Waals surface area contributed by atoms with Gasteiger partial charge in [-0.25, -0.2) is 0 Å². The van der Waals surface area contributed by atoms with Gasteiger partial charge in [0.2, 0.25) is 5.17 Å². The van der Waals surface area contributed by atoms with Crippen LogP contribution in [0.2, 0.25) is 5.02 Å². The first kappa shape index (κ1) is 23.7. The highest BCUT2D eigenvalue weighted by atomic mass is 35.5. The summed E-state index contributed by atoms with van der Waals surface area (Å²) in [7, 11) is 3.10. The number of thioether (sulfide) groups is 1. The third kappa shape index (κ3) is 5.02. The first-order chi connectivity index (χ1) is 16.4. The Morgan fingerprint density at radius 3 is 2.50 bits per heavy atom. The summed E-state index contributed by atoms with van der Waals surface area (Å²) in [6.45, 7) is 2.31. The van der Waals surface area contributed by atoms with Gasteiger partial charge in [0.15, 0.2) is 17.3 Å². The first-order valence-corrected chi connectivity index (χ1v) is 11.3. The number of amidine groups is 2. The highest BCUT2D eigenvalue weighted by Gasteiger charge is 2.34. The van der Waals surface area contributed by atoms with Crippen LogP contribution in [0.5, 0.6) is 23.0 Å². The van der Waals surface area contributed by atoms with E-state index in [-0.39, 0.29) is 24.6 Å². The normalized spacial score (nSPS) is 16.2. The predicted molar refractivity (Wildman–Crippen MR) is 133 cm³/mol. The Morgan fingerprint density at radius 2 is 1.79 bits per heavy atom. The van der Waals surface area contributed by atoms with Gasteiger partial charge in [0.1, 0.15) is 24.7 Å². The molecule has 2 aromatic rings. The van der Waals surface area contributed by atoms with E-state index in [4.69, 9.17) is 36.0 Å². The Bertz CT molecular complexity index is 1230. The molecule has 0 fully saturated rings. The number of aliphatic imine (C=N–C) groups is 1. The van der Waals surface area contributed by atoms with E-state index >= 15 is 0 Å². The SMILES string of the molecule is COc1ccc(OCCOc2c(Cl)cc(C=C3C(=N)N4N=C(C)SC4=NC3=O)cc2OC)cc1. The molecular formula is C23H21ClN4O5S. The molecule has 0 saturated heterocycles. The third-order valence-corrected chi connectivity index (χ3v) is 5.88. The van der Waals surface area contributed by atoms with Crippen LogP contribution in [0.3, 0.4) is 0 Å². The van der Waals surface area contributed by atoms with Crippen LogP contribution in [0.15, 0.2) is 52.1 Å². The van der Waals surface area contributed by atoms with Crippen LogP contribution in [-0.4, -0.2) is 54.4 Å². The molecule has 4 rings (SSSR count).